The van der Waals surface area contributed by atoms with Crippen molar-refractivity contribution < 1.29 is 19.1 Å². The number of benzene rings is 3. The van der Waals surface area contributed by atoms with Crippen LogP contribution >= 0.6 is 11.6 Å². The van der Waals surface area contributed by atoms with Gasteiger partial charge in [-0.05, 0) is 86.1 Å². The molecule has 9 heteroatoms. The van der Waals surface area contributed by atoms with Crippen molar-refractivity contribution in [3.8, 4) is 17.2 Å². The van der Waals surface area contributed by atoms with Gasteiger partial charge in [-0.3, -0.25) is 9.59 Å². The van der Waals surface area contributed by atoms with E-state index in [2.05, 4.69) is 15.8 Å². The topological polar surface area (TPSA) is 94.0 Å². The summed E-state index contributed by atoms with van der Waals surface area (Å²) in [5.41, 5.74) is 7.10. The molecule has 0 unspecified atom stereocenters. The molecule has 0 aliphatic rings. The van der Waals surface area contributed by atoms with Gasteiger partial charge < -0.3 is 19.4 Å². The molecule has 194 valence electrons. The maximum absolute atomic E-state index is 12.7. The lowest BCUT2D eigenvalue weighted by Gasteiger charge is -2.12. The third kappa shape index (κ3) is 6.41. The zero-order chi connectivity index (χ0) is 27.1. The molecule has 0 radical (unpaired) electrons. The van der Waals surface area contributed by atoms with Gasteiger partial charge >= 0.3 is 0 Å². The van der Waals surface area contributed by atoms with E-state index >= 15 is 0 Å². The summed E-state index contributed by atoms with van der Waals surface area (Å²) in [5, 5.41) is 7.13. The molecule has 0 aliphatic carbocycles. The van der Waals surface area contributed by atoms with Gasteiger partial charge in [0, 0.05) is 17.1 Å². The van der Waals surface area contributed by atoms with Gasteiger partial charge in [0.05, 0.1) is 29.6 Å². The van der Waals surface area contributed by atoms with E-state index in [1.165, 1.54) is 13.3 Å². The first-order valence-electron chi connectivity index (χ1n) is 11.8. The molecule has 0 bridgehead atoms. The number of hydrogen-bond acceptors (Lipinski definition) is 5. The van der Waals surface area contributed by atoms with Gasteiger partial charge in [-0.15, -0.1) is 0 Å². The van der Waals surface area contributed by atoms with Crippen LogP contribution in [0.4, 0.5) is 5.69 Å². The van der Waals surface area contributed by atoms with E-state index in [0.29, 0.717) is 27.8 Å². The highest BCUT2D eigenvalue weighted by Crippen LogP contribution is 2.24. The van der Waals surface area contributed by atoms with Crippen LogP contribution in [0.2, 0.25) is 5.02 Å². The number of aromatic nitrogens is 1. The number of methoxy groups -OCH3 is 1. The van der Waals surface area contributed by atoms with Gasteiger partial charge in [-0.25, -0.2) is 5.43 Å². The van der Waals surface area contributed by atoms with Gasteiger partial charge in [0.15, 0.2) is 6.61 Å². The first-order valence-corrected chi connectivity index (χ1v) is 12.2. The lowest BCUT2D eigenvalue weighted by Crippen LogP contribution is -2.20. The highest BCUT2D eigenvalue weighted by atomic mass is 35.5. The van der Waals surface area contributed by atoms with Crippen molar-refractivity contribution in [2.24, 2.45) is 5.10 Å². The van der Waals surface area contributed by atoms with Crippen LogP contribution in [-0.4, -0.2) is 36.3 Å². The predicted octanol–water partition coefficient (Wildman–Crippen LogP) is 5.54. The van der Waals surface area contributed by atoms with Crippen LogP contribution in [0.3, 0.4) is 0 Å². The fraction of sp³-hybridized carbons (Fsp3) is 0.138. The summed E-state index contributed by atoms with van der Waals surface area (Å²) in [4.78, 5) is 25.0. The summed E-state index contributed by atoms with van der Waals surface area (Å²) < 4.78 is 12.8. The summed E-state index contributed by atoms with van der Waals surface area (Å²) in [6.45, 7) is 3.83. The minimum Gasteiger partial charge on any atom is -0.495 e. The maximum Gasteiger partial charge on any atom is 0.272 e. The number of hydrazone groups is 1. The number of halogens is 1. The van der Waals surface area contributed by atoms with E-state index in [1.807, 2.05) is 42.7 Å². The van der Waals surface area contributed by atoms with Crippen molar-refractivity contribution in [2.75, 3.05) is 19.0 Å². The Morgan fingerprint density at radius 2 is 1.68 bits per heavy atom. The molecule has 38 heavy (non-hydrogen) atoms. The van der Waals surface area contributed by atoms with Crippen LogP contribution < -0.4 is 20.2 Å². The van der Waals surface area contributed by atoms with Gasteiger partial charge in [0.25, 0.3) is 11.8 Å². The molecule has 0 saturated carbocycles. The van der Waals surface area contributed by atoms with Crippen molar-refractivity contribution in [1.29, 1.82) is 0 Å². The Morgan fingerprint density at radius 3 is 2.39 bits per heavy atom. The molecule has 0 saturated heterocycles. The normalized spacial score (nSPS) is 10.8. The van der Waals surface area contributed by atoms with E-state index in [1.54, 1.807) is 54.6 Å². The summed E-state index contributed by atoms with van der Waals surface area (Å²) in [7, 11) is 1.54. The zero-order valence-electron chi connectivity index (χ0n) is 21.2. The number of carbonyl (C=O) groups is 2. The molecule has 2 amide bonds. The Kier molecular flexibility index (Phi) is 8.45. The fourth-order valence-electron chi connectivity index (χ4n) is 3.86. The number of anilines is 1. The van der Waals surface area contributed by atoms with Crippen LogP contribution in [0.15, 0.2) is 84.0 Å². The van der Waals surface area contributed by atoms with Gasteiger partial charge in [0.1, 0.15) is 11.5 Å². The number of nitrogens with one attached hydrogen (secondary N) is 2. The third-order valence-corrected chi connectivity index (χ3v) is 6.06. The summed E-state index contributed by atoms with van der Waals surface area (Å²) in [6, 6.07) is 23.4. The van der Waals surface area contributed by atoms with Crippen LogP contribution in [0.25, 0.3) is 5.69 Å². The van der Waals surface area contributed by atoms with E-state index in [4.69, 9.17) is 21.1 Å². The van der Waals surface area contributed by atoms with E-state index < -0.39 is 5.91 Å². The monoisotopic (exact) mass is 530 g/mol. The average Bonchev–Trinajstić information content (AvgIpc) is 3.26. The number of carbonyl (C=O) groups excluding carboxylic acids is 2. The molecule has 0 aliphatic heterocycles. The van der Waals surface area contributed by atoms with Crippen LogP contribution in [-0.2, 0) is 4.79 Å². The number of amides is 2. The summed E-state index contributed by atoms with van der Waals surface area (Å²) in [5.74, 6) is 0.350. The van der Waals surface area contributed by atoms with Crippen LogP contribution in [0.5, 0.6) is 11.5 Å². The largest absolute Gasteiger partial charge is 0.495 e. The minimum absolute atomic E-state index is 0.163. The van der Waals surface area contributed by atoms with Gasteiger partial charge in [-0.1, -0.05) is 23.7 Å². The van der Waals surface area contributed by atoms with Crippen molar-refractivity contribution in [3.63, 3.8) is 0 Å². The summed E-state index contributed by atoms with van der Waals surface area (Å²) >= 11 is 6.29. The molecule has 1 aromatic heterocycles. The first-order chi connectivity index (χ1) is 18.4. The van der Waals surface area contributed by atoms with Crippen molar-refractivity contribution in [2.45, 2.75) is 13.8 Å². The standard InChI is InChI=1S/C29H27ClN4O4/c1-19-8-9-20(2)34(19)22-12-15-25(30)24(16-22)29(36)33-31-17-21-10-13-23(14-11-21)38-18-28(35)32-26-6-4-5-7-27(26)37-3/h4-17H,18H2,1-3H3,(H,32,35)(H,33,36). The molecule has 1 heterocycles. The quantitative estimate of drug-likeness (QED) is 0.219. The second-order valence-corrected chi connectivity index (χ2v) is 8.83. The van der Waals surface area contributed by atoms with Crippen molar-refractivity contribution >= 4 is 35.3 Å². The maximum atomic E-state index is 12.7. The highest BCUT2D eigenvalue weighted by Gasteiger charge is 2.13. The number of rotatable bonds is 9. The first kappa shape index (κ1) is 26.5. The van der Waals surface area contributed by atoms with Gasteiger partial charge in [0.2, 0.25) is 0 Å². The lowest BCUT2D eigenvalue weighted by molar-refractivity contribution is -0.118. The number of hydrogen-bond donors (Lipinski definition) is 2. The lowest BCUT2D eigenvalue weighted by atomic mass is 10.2. The Balaban J connectivity index is 1.32. The SMILES string of the molecule is COc1ccccc1NC(=O)COc1ccc(C=NNC(=O)c2cc(-n3c(C)ccc3C)ccc2Cl)cc1. The number of nitrogens with zero attached hydrogens (tertiary/aromatic N) is 2. The number of ether oxygens (including phenoxy) is 2. The average molecular weight is 531 g/mol. The molecule has 4 aromatic rings. The van der Waals surface area contributed by atoms with Gasteiger partial charge in [-0.2, -0.15) is 5.10 Å². The second-order valence-electron chi connectivity index (χ2n) is 8.42. The Hall–Kier alpha value is -4.56. The highest BCUT2D eigenvalue weighted by molar-refractivity contribution is 6.33. The van der Waals surface area contributed by atoms with Crippen molar-refractivity contribution in [1.82, 2.24) is 9.99 Å². The Morgan fingerprint density at radius 1 is 0.974 bits per heavy atom. The van der Waals surface area contributed by atoms with E-state index in [9.17, 15) is 9.59 Å². The number of aryl methyl sites for hydroxylation is 2. The fourth-order valence-corrected chi connectivity index (χ4v) is 4.06. The Bertz CT molecular complexity index is 1460. The molecule has 4 rings (SSSR count). The molecule has 0 atom stereocenters. The molecule has 8 nitrogen and oxygen atoms in total. The minimum atomic E-state index is -0.420. The van der Waals surface area contributed by atoms with Crippen LogP contribution in [0.1, 0.15) is 27.3 Å². The molecule has 0 fully saturated rings. The smallest absolute Gasteiger partial charge is 0.272 e. The zero-order valence-corrected chi connectivity index (χ0v) is 22.0. The second kappa shape index (κ2) is 12.1. The predicted molar refractivity (Wildman–Crippen MR) is 149 cm³/mol. The van der Waals surface area contributed by atoms with Crippen LogP contribution in [0, 0.1) is 13.8 Å². The molecule has 2 N–H and O–H groups in total. The van der Waals surface area contributed by atoms with E-state index in [0.717, 1.165) is 22.6 Å². The molecular weight excluding hydrogens is 504 g/mol. The molecule has 3 aromatic carbocycles. The molecular formula is C29H27ClN4O4. The Labute approximate surface area is 225 Å². The molecule has 0 spiro atoms. The van der Waals surface area contributed by atoms with Crippen molar-refractivity contribution in [3.05, 3.63) is 106 Å². The van der Waals surface area contributed by atoms with E-state index in [-0.39, 0.29) is 12.5 Å². The summed E-state index contributed by atoms with van der Waals surface area (Å²) in [6.07, 6.45) is 1.51. The third-order valence-electron chi connectivity index (χ3n) is 5.73. The number of para-hydroxylation sites is 2.